The number of hydrogen-bond donors (Lipinski definition) is 0. The van der Waals surface area contributed by atoms with Gasteiger partial charge in [-0.2, -0.15) is 10.1 Å². The van der Waals surface area contributed by atoms with Crippen LogP contribution in [0.3, 0.4) is 0 Å². The maximum absolute atomic E-state index is 5.49. The lowest BCUT2D eigenvalue weighted by molar-refractivity contribution is 0.180. The number of piperidine rings is 1. The highest BCUT2D eigenvalue weighted by molar-refractivity contribution is 5.54. The number of hydrogen-bond acceptors (Lipinski definition) is 7. The van der Waals surface area contributed by atoms with E-state index < -0.39 is 0 Å². The Bertz CT molecular complexity index is 871. The van der Waals surface area contributed by atoms with Crippen LogP contribution in [0.1, 0.15) is 31.2 Å². The highest BCUT2D eigenvalue weighted by atomic mass is 16.5. The van der Waals surface area contributed by atoms with E-state index in [0.29, 0.717) is 24.3 Å². The molecule has 0 radical (unpaired) electrons. The zero-order chi connectivity index (χ0) is 19.3. The van der Waals surface area contributed by atoms with Crippen LogP contribution in [0.2, 0.25) is 0 Å². The van der Waals surface area contributed by atoms with Gasteiger partial charge < -0.3 is 9.42 Å². The lowest BCUT2D eigenvalue weighted by Crippen LogP contribution is -2.43. The molecule has 1 aromatic carbocycles. The lowest BCUT2D eigenvalue weighted by atomic mass is 10.0. The Labute approximate surface area is 165 Å². The van der Waals surface area contributed by atoms with Crippen molar-refractivity contribution in [2.45, 2.75) is 38.8 Å². The van der Waals surface area contributed by atoms with Crippen molar-refractivity contribution in [3.63, 3.8) is 0 Å². The summed E-state index contributed by atoms with van der Waals surface area (Å²) in [6, 6.07) is 12.8. The zero-order valence-electron chi connectivity index (χ0n) is 16.5. The van der Waals surface area contributed by atoms with Crippen molar-refractivity contribution < 1.29 is 4.52 Å². The molecule has 0 unspecified atom stereocenters. The molecule has 0 atom stereocenters. The van der Waals surface area contributed by atoms with Gasteiger partial charge in [-0.3, -0.25) is 4.90 Å². The third-order valence-corrected chi connectivity index (χ3v) is 5.47. The van der Waals surface area contributed by atoms with Crippen LogP contribution in [-0.2, 0) is 13.0 Å². The van der Waals surface area contributed by atoms with Crippen molar-refractivity contribution in [2.75, 3.05) is 25.0 Å². The van der Waals surface area contributed by atoms with Crippen LogP contribution in [0.15, 0.2) is 47.1 Å². The standard InChI is InChI=1S/C21H26N6O/c1-3-16-6-8-17(9-7-16)21-23-20(28-25-21)15-27-13-10-18(11-14-27)26(2)19-5-4-12-22-24-19/h4-9,12,18H,3,10-11,13-15H2,1-2H3. The number of anilines is 1. The van der Waals surface area contributed by atoms with Gasteiger partial charge in [0.15, 0.2) is 5.82 Å². The first-order valence-electron chi connectivity index (χ1n) is 9.87. The summed E-state index contributed by atoms with van der Waals surface area (Å²) in [6.45, 7) is 4.84. The van der Waals surface area contributed by atoms with Crippen molar-refractivity contribution in [3.05, 3.63) is 54.0 Å². The van der Waals surface area contributed by atoms with Gasteiger partial charge in [0, 0.05) is 37.9 Å². The summed E-state index contributed by atoms with van der Waals surface area (Å²) in [5.41, 5.74) is 2.30. The van der Waals surface area contributed by atoms with Gasteiger partial charge in [-0.05, 0) is 37.0 Å². The smallest absolute Gasteiger partial charge is 0.241 e. The quantitative estimate of drug-likeness (QED) is 0.652. The van der Waals surface area contributed by atoms with Crippen LogP contribution >= 0.6 is 0 Å². The molecule has 2 aromatic heterocycles. The SMILES string of the molecule is CCc1ccc(-c2noc(CN3CCC(N(C)c4cccnn4)CC3)n2)cc1. The summed E-state index contributed by atoms with van der Waals surface area (Å²) < 4.78 is 5.49. The second-order valence-electron chi connectivity index (χ2n) is 7.26. The van der Waals surface area contributed by atoms with Crippen LogP contribution in [0.4, 0.5) is 5.82 Å². The minimum Gasteiger partial charge on any atom is -0.355 e. The van der Waals surface area contributed by atoms with E-state index in [1.807, 2.05) is 12.1 Å². The molecule has 3 aromatic rings. The molecule has 1 aliphatic rings. The first kappa shape index (κ1) is 18.6. The Morgan fingerprint density at radius 1 is 1.14 bits per heavy atom. The molecule has 4 rings (SSSR count). The van der Waals surface area contributed by atoms with Gasteiger partial charge in [0.05, 0.1) is 6.54 Å². The summed E-state index contributed by atoms with van der Waals surface area (Å²) in [4.78, 5) is 9.19. The number of nitrogens with zero attached hydrogens (tertiary/aromatic N) is 6. The van der Waals surface area contributed by atoms with Gasteiger partial charge in [-0.25, -0.2) is 0 Å². The van der Waals surface area contributed by atoms with Crippen LogP contribution in [0.5, 0.6) is 0 Å². The van der Waals surface area contributed by atoms with Crippen LogP contribution in [0, 0.1) is 0 Å². The molecule has 1 fully saturated rings. The fraction of sp³-hybridized carbons (Fsp3) is 0.429. The molecule has 0 bridgehead atoms. The molecule has 28 heavy (non-hydrogen) atoms. The largest absolute Gasteiger partial charge is 0.355 e. The molecule has 0 amide bonds. The van der Waals surface area contributed by atoms with Crippen molar-refractivity contribution >= 4 is 5.82 Å². The van der Waals surface area contributed by atoms with Crippen molar-refractivity contribution in [1.29, 1.82) is 0 Å². The van der Waals surface area contributed by atoms with Gasteiger partial charge in [0.2, 0.25) is 11.7 Å². The molecule has 1 saturated heterocycles. The second-order valence-corrected chi connectivity index (χ2v) is 7.26. The maximum Gasteiger partial charge on any atom is 0.241 e. The number of aryl methyl sites for hydroxylation is 1. The van der Waals surface area contributed by atoms with Crippen molar-refractivity contribution in [3.8, 4) is 11.4 Å². The van der Waals surface area contributed by atoms with Crippen molar-refractivity contribution in [2.24, 2.45) is 0 Å². The number of aromatic nitrogens is 4. The minimum absolute atomic E-state index is 0.475. The van der Waals surface area contributed by atoms with Gasteiger partial charge in [0.1, 0.15) is 0 Å². The Hall–Kier alpha value is -2.80. The summed E-state index contributed by atoms with van der Waals surface area (Å²) in [6.07, 6.45) is 4.88. The fourth-order valence-electron chi connectivity index (χ4n) is 3.65. The topological polar surface area (TPSA) is 71.2 Å². The molecule has 7 heteroatoms. The molecule has 0 saturated carbocycles. The fourth-order valence-corrected chi connectivity index (χ4v) is 3.65. The molecular formula is C21H26N6O. The molecule has 0 N–H and O–H groups in total. The van der Waals surface area contributed by atoms with Crippen LogP contribution in [0.25, 0.3) is 11.4 Å². The van der Waals surface area contributed by atoms with Gasteiger partial charge in [-0.15, -0.1) is 5.10 Å². The van der Waals surface area contributed by atoms with Crippen LogP contribution < -0.4 is 4.90 Å². The predicted molar refractivity (Wildman–Crippen MR) is 108 cm³/mol. The summed E-state index contributed by atoms with van der Waals surface area (Å²) in [5.74, 6) is 2.27. The summed E-state index contributed by atoms with van der Waals surface area (Å²) in [7, 11) is 2.10. The van der Waals surface area contributed by atoms with E-state index in [4.69, 9.17) is 4.52 Å². The van der Waals surface area contributed by atoms with E-state index in [0.717, 1.165) is 43.7 Å². The highest BCUT2D eigenvalue weighted by Crippen LogP contribution is 2.22. The van der Waals surface area contributed by atoms with E-state index in [9.17, 15) is 0 Å². The number of benzene rings is 1. The van der Waals surface area contributed by atoms with Gasteiger partial charge in [0.25, 0.3) is 0 Å². The van der Waals surface area contributed by atoms with Crippen LogP contribution in [-0.4, -0.2) is 51.4 Å². The third-order valence-electron chi connectivity index (χ3n) is 5.47. The van der Waals surface area contributed by atoms with Crippen molar-refractivity contribution in [1.82, 2.24) is 25.2 Å². The van der Waals surface area contributed by atoms with E-state index in [1.165, 1.54) is 5.56 Å². The van der Waals surface area contributed by atoms with E-state index in [1.54, 1.807) is 6.20 Å². The third kappa shape index (κ3) is 4.20. The molecule has 3 heterocycles. The van der Waals surface area contributed by atoms with E-state index in [-0.39, 0.29) is 0 Å². The normalized spacial score (nSPS) is 15.6. The lowest BCUT2D eigenvalue weighted by Gasteiger charge is -2.36. The second kappa shape index (κ2) is 8.48. The Morgan fingerprint density at radius 2 is 1.93 bits per heavy atom. The zero-order valence-corrected chi connectivity index (χ0v) is 16.5. The molecule has 0 aliphatic carbocycles. The molecular weight excluding hydrogens is 352 g/mol. The van der Waals surface area contributed by atoms with E-state index in [2.05, 4.69) is 68.4 Å². The molecule has 0 spiro atoms. The highest BCUT2D eigenvalue weighted by Gasteiger charge is 2.24. The Kier molecular flexibility index (Phi) is 5.62. The van der Waals surface area contributed by atoms with Gasteiger partial charge in [-0.1, -0.05) is 36.3 Å². The van der Waals surface area contributed by atoms with Gasteiger partial charge >= 0.3 is 0 Å². The molecule has 7 nitrogen and oxygen atoms in total. The number of rotatable bonds is 6. The number of likely N-dealkylation sites (tertiary alicyclic amines) is 1. The first-order chi connectivity index (χ1) is 13.7. The Morgan fingerprint density at radius 3 is 2.61 bits per heavy atom. The maximum atomic E-state index is 5.49. The average molecular weight is 378 g/mol. The molecule has 146 valence electrons. The monoisotopic (exact) mass is 378 g/mol. The minimum atomic E-state index is 0.475. The summed E-state index contributed by atoms with van der Waals surface area (Å²) >= 11 is 0. The average Bonchev–Trinajstić information content (AvgIpc) is 3.23. The Balaban J connectivity index is 1.32. The first-order valence-corrected chi connectivity index (χ1v) is 9.87. The predicted octanol–water partition coefficient (Wildman–Crippen LogP) is 3.19. The van der Waals surface area contributed by atoms with E-state index >= 15 is 0 Å². The summed E-state index contributed by atoms with van der Waals surface area (Å²) in [5, 5.41) is 12.3. The molecule has 1 aliphatic heterocycles.